The molecule has 0 saturated carbocycles. The summed E-state index contributed by atoms with van der Waals surface area (Å²) in [6.07, 6.45) is 2.41. The molecule has 1 fully saturated rings. The van der Waals surface area contributed by atoms with Crippen molar-refractivity contribution >= 4 is 34.4 Å². The summed E-state index contributed by atoms with van der Waals surface area (Å²) in [5.74, 6) is -0.145. The lowest BCUT2D eigenvalue weighted by molar-refractivity contribution is -0.142. The highest BCUT2D eigenvalue weighted by molar-refractivity contribution is 6.32. The fourth-order valence-electron chi connectivity index (χ4n) is 3.02. The van der Waals surface area contributed by atoms with Crippen molar-refractivity contribution in [3.8, 4) is 0 Å². The Morgan fingerprint density at radius 1 is 1.48 bits per heavy atom. The van der Waals surface area contributed by atoms with E-state index in [1.807, 2.05) is 26.0 Å². The van der Waals surface area contributed by atoms with Crippen molar-refractivity contribution in [3.63, 3.8) is 0 Å². The molecule has 1 saturated heterocycles. The van der Waals surface area contributed by atoms with Gasteiger partial charge in [0.05, 0.1) is 12.7 Å². The molecule has 23 heavy (non-hydrogen) atoms. The second kappa shape index (κ2) is 6.24. The van der Waals surface area contributed by atoms with Crippen LogP contribution in [-0.2, 0) is 16.0 Å². The topological polar surface area (TPSA) is 62.6 Å². The molecule has 2 amide bonds. The number of fused-ring (bicyclic) bond motifs is 1. The van der Waals surface area contributed by atoms with Crippen LogP contribution in [0.2, 0.25) is 5.02 Å². The number of furan rings is 1. The predicted octanol–water partition coefficient (Wildman–Crippen LogP) is 2.67. The van der Waals surface area contributed by atoms with Gasteiger partial charge in [0.25, 0.3) is 0 Å². The Labute approximate surface area is 139 Å². The maximum atomic E-state index is 12.6. The molecule has 2 aromatic rings. The molecule has 1 aromatic heterocycles. The van der Waals surface area contributed by atoms with E-state index in [1.54, 1.807) is 11.2 Å². The summed E-state index contributed by atoms with van der Waals surface area (Å²) in [5.41, 5.74) is 2.45. The summed E-state index contributed by atoms with van der Waals surface area (Å²) in [6.45, 7) is 4.86. The summed E-state index contributed by atoms with van der Waals surface area (Å²) in [6, 6.07) is 3.31. The number of piperazine rings is 1. The number of hydrogen-bond donors (Lipinski definition) is 1. The lowest BCUT2D eigenvalue weighted by Crippen LogP contribution is -2.57. The van der Waals surface area contributed by atoms with E-state index in [0.717, 1.165) is 22.1 Å². The molecule has 1 aromatic carbocycles. The fraction of sp³-hybridized carbons (Fsp3) is 0.412. The number of aryl methyl sites for hydroxylation is 1. The van der Waals surface area contributed by atoms with Gasteiger partial charge in [-0.2, -0.15) is 0 Å². The van der Waals surface area contributed by atoms with Gasteiger partial charge in [0.15, 0.2) is 0 Å². The highest BCUT2D eigenvalue weighted by Gasteiger charge is 2.31. The molecule has 3 rings (SSSR count). The number of benzene rings is 1. The Morgan fingerprint density at radius 2 is 2.26 bits per heavy atom. The Balaban J connectivity index is 1.85. The highest BCUT2D eigenvalue weighted by Crippen LogP contribution is 2.28. The van der Waals surface area contributed by atoms with Gasteiger partial charge >= 0.3 is 0 Å². The molecule has 0 aliphatic carbocycles. The molecule has 1 aliphatic heterocycles. The standard InChI is InChI=1S/C17H19ClN2O3/c1-3-14-17(22)19-4-5-20(14)16(21)7-11-9-23-15-6-10(2)13(18)8-12(11)15/h6,8-9,14H,3-5,7H2,1-2H3,(H,19,22). The first-order chi connectivity index (χ1) is 11.0. The van der Waals surface area contributed by atoms with Crippen molar-refractivity contribution in [2.75, 3.05) is 13.1 Å². The third-order valence-corrected chi connectivity index (χ3v) is 4.72. The van der Waals surface area contributed by atoms with Gasteiger partial charge in [-0.15, -0.1) is 0 Å². The first kappa shape index (κ1) is 15.9. The Morgan fingerprint density at radius 3 is 3.00 bits per heavy atom. The third kappa shape index (κ3) is 2.93. The van der Waals surface area contributed by atoms with Gasteiger partial charge < -0.3 is 14.6 Å². The second-order valence-electron chi connectivity index (χ2n) is 5.84. The van der Waals surface area contributed by atoms with Gasteiger partial charge in [-0.05, 0) is 31.0 Å². The van der Waals surface area contributed by atoms with E-state index in [0.29, 0.717) is 24.5 Å². The van der Waals surface area contributed by atoms with Gasteiger partial charge in [0, 0.05) is 29.1 Å². The summed E-state index contributed by atoms with van der Waals surface area (Å²) >= 11 is 6.18. The SMILES string of the molecule is CCC1C(=O)NCCN1C(=O)Cc1coc2cc(C)c(Cl)cc12. The van der Waals surface area contributed by atoms with Gasteiger partial charge in [-0.25, -0.2) is 0 Å². The van der Waals surface area contributed by atoms with E-state index in [9.17, 15) is 9.59 Å². The van der Waals surface area contributed by atoms with Crippen LogP contribution >= 0.6 is 11.6 Å². The van der Waals surface area contributed by atoms with E-state index in [2.05, 4.69) is 5.32 Å². The number of rotatable bonds is 3. The molecular formula is C17H19ClN2O3. The lowest BCUT2D eigenvalue weighted by Gasteiger charge is -2.34. The molecule has 5 nitrogen and oxygen atoms in total. The first-order valence-corrected chi connectivity index (χ1v) is 8.12. The van der Waals surface area contributed by atoms with Crippen molar-refractivity contribution in [1.29, 1.82) is 0 Å². The number of amides is 2. The minimum atomic E-state index is -0.389. The largest absolute Gasteiger partial charge is 0.464 e. The maximum absolute atomic E-state index is 12.6. The number of carbonyl (C=O) groups excluding carboxylic acids is 2. The van der Waals surface area contributed by atoms with E-state index in [1.165, 1.54) is 0 Å². The molecule has 2 heterocycles. The molecule has 122 valence electrons. The van der Waals surface area contributed by atoms with Crippen molar-refractivity contribution in [1.82, 2.24) is 10.2 Å². The van der Waals surface area contributed by atoms with Crippen LogP contribution in [0.4, 0.5) is 0 Å². The van der Waals surface area contributed by atoms with Crippen LogP contribution in [-0.4, -0.2) is 35.8 Å². The van der Waals surface area contributed by atoms with Gasteiger partial charge in [0.2, 0.25) is 11.8 Å². The van der Waals surface area contributed by atoms with Crippen LogP contribution in [0.25, 0.3) is 11.0 Å². The fourth-order valence-corrected chi connectivity index (χ4v) is 3.19. The number of hydrogen-bond acceptors (Lipinski definition) is 3. The molecule has 1 N–H and O–H groups in total. The zero-order valence-electron chi connectivity index (χ0n) is 13.2. The van der Waals surface area contributed by atoms with Crippen LogP contribution in [0, 0.1) is 6.92 Å². The predicted molar refractivity (Wildman–Crippen MR) is 88.5 cm³/mol. The van der Waals surface area contributed by atoms with Crippen molar-refractivity contribution in [3.05, 3.63) is 34.5 Å². The quantitative estimate of drug-likeness (QED) is 0.938. The number of carbonyl (C=O) groups is 2. The van der Waals surface area contributed by atoms with E-state index in [4.69, 9.17) is 16.0 Å². The summed E-state index contributed by atoms with van der Waals surface area (Å²) in [5, 5.41) is 4.30. The average molecular weight is 335 g/mol. The van der Waals surface area contributed by atoms with E-state index < -0.39 is 0 Å². The minimum Gasteiger partial charge on any atom is -0.464 e. The second-order valence-corrected chi connectivity index (χ2v) is 6.24. The van der Waals surface area contributed by atoms with Crippen LogP contribution in [0.5, 0.6) is 0 Å². The Kier molecular flexibility index (Phi) is 4.31. The summed E-state index contributed by atoms with van der Waals surface area (Å²) in [7, 11) is 0. The van der Waals surface area contributed by atoms with Crippen LogP contribution in [0.3, 0.4) is 0 Å². The van der Waals surface area contributed by atoms with Crippen LogP contribution < -0.4 is 5.32 Å². The zero-order valence-corrected chi connectivity index (χ0v) is 13.9. The molecule has 1 aliphatic rings. The van der Waals surface area contributed by atoms with Gasteiger partial charge in [-0.1, -0.05) is 18.5 Å². The molecule has 1 unspecified atom stereocenters. The van der Waals surface area contributed by atoms with Crippen molar-refractivity contribution in [2.45, 2.75) is 32.7 Å². The molecular weight excluding hydrogens is 316 g/mol. The normalized spacial score (nSPS) is 18.3. The summed E-state index contributed by atoms with van der Waals surface area (Å²) in [4.78, 5) is 26.2. The Hall–Kier alpha value is -2.01. The Bertz CT molecular complexity index is 769. The van der Waals surface area contributed by atoms with Gasteiger partial charge in [-0.3, -0.25) is 9.59 Å². The monoisotopic (exact) mass is 334 g/mol. The van der Waals surface area contributed by atoms with Crippen LogP contribution in [0.1, 0.15) is 24.5 Å². The molecule has 0 spiro atoms. The third-order valence-electron chi connectivity index (χ3n) is 4.31. The maximum Gasteiger partial charge on any atom is 0.242 e. The zero-order chi connectivity index (χ0) is 16.6. The van der Waals surface area contributed by atoms with E-state index in [-0.39, 0.29) is 24.3 Å². The van der Waals surface area contributed by atoms with Gasteiger partial charge in [0.1, 0.15) is 11.6 Å². The average Bonchev–Trinajstić information content (AvgIpc) is 2.89. The molecule has 1 atom stereocenters. The molecule has 0 radical (unpaired) electrons. The minimum absolute atomic E-state index is 0.0638. The number of nitrogens with one attached hydrogen (secondary N) is 1. The molecule has 0 bridgehead atoms. The van der Waals surface area contributed by atoms with Crippen molar-refractivity contribution in [2.24, 2.45) is 0 Å². The van der Waals surface area contributed by atoms with Crippen LogP contribution in [0.15, 0.2) is 22.8 Å². The lowest BCUT2D eigenvalue weighted by atomic mass is 10.1. The summed E-state index contributed by atoms with van der Waals surface area (Å²) < 4.78 is 5.54. The smallest absolute Gasteiger partial charge is 0.242 e. The van der Waals surface area contributed by atoms with Crippen molar-refractivity contribution < 1.29 is 14.0 Å². The molecule has 6 heteroatoms. The number of nitrogens with zero attached hydrogens (tertiary/aromatic N) is 1. The van der Waals surface area contributed by atoms with E-state index >= 15 is 0 Å². The highest BCUT2D eigenvalue weighted by atomic mass is 35.5. The number of halogens is 1. The first-order valence-electron chi connectivity index (χ1n) is 7.74.